The monoisotopic (exact) mass is 295 g/mol. The topological polar surface area (TPSA) is 30.7 Å². The summed E-state index contributed by atoms with van der Waals surface area (Å²) >= 11 is 6.13. The molecule has 3 nitrogen and oxygen atoms in total. The van der Waals surface area contributed by atoms with Crippen LogP contribution in [0.4, 0.5) is 4.39 Å². The molecule has 0 aliphatic carbocycles. The van der Waals surface area contributed by atoms with Crippen LogP contribution in [0.25, 0.3) is 0 Å². The molecule has 0 saturated carbocycles. The Balaban J connectivity index is 2.43. The number of benzene rings is 1. The van der Waals surface area contributed by atoms with Crippen molar-refractivity contribution in [3.8, 4) is 0 Å². The van der Waals surface area contributed by atoms with Gasteiger partial charge in [0, 0.05) is 5.41 Å². The van der Waals surface area contributed by atoms with E-state index in [2.05, 4.69) is 31.0 Å². The standard InChI is InChI=1S/C15H19ClFN3/c1-9-6-11(7-10(2)12(9)17)8-20-13(15(3,4)5)18-19-14(20)16/h6-7H,8H2,1-5H3. The molecule has 0 amide bonds. The molecule has 0 aliphatic heterocycles. The number of hydrogen-bond acceptors (Lipinski definition) is 2. The number of halogens is 2. The van der Waals surface area contributed by atoms with E-state index < -0.39 is 0 Å². The lowest BCUT2D eigenvalue weighted by Crippen LogP contribution is -2.19. The summed E-state index contributed by atoms with van der Waals surface area (Å²) in [5, 5.41) is 8.45. The summed E-state index contributed by atoms with van der Waals surface area (Å²) in [7, 11) is 0. The SMILES string of the molecule is Cc1cc(Cn2c(Cl)nnc2C(C)(C)C)cc(C)c1F. The number of nitrogens with zero attached hydrogens (tertiary/aromatic N) is 3. The van der Waals surface area contributed by atoms with E-state index in [1.165, 1.54) is 0 Å². The summed E-state index contributed by atoms with van der Waals surface area (Å²) in [6, 6.07) is 3.68. The van der Waals surface area contributed by atoms with E-state index in [4.69, 9.17) is 11.6 Å². The molecule has 0 fully saturated rings. The van der Waals surface area contributed by atoms with E-state index in [-0.39, 0.29) is 11.2 Å². The van der Waals surface area contributed by atoms with Crippen molar-refractivity contribution in [3.63, 3.8) is 0 Å². The average Bonchev–Trinajstić information content (AvgIpc) is 2.67. The van der Waals surface area contributed by atoms with Crippen LogP contribution in [0.15, 0.2) is 12.1 Å². The summed E-state index contributed by atoms with van der Waals surface area (Å²) in [6.07, 6.45) is 0. The molecule has 0 unspecified atom stereocenters. The maximum Gasteiger partial charge on any atom is 0.225 e. The van der Waals surface area contributed by atoms with E-state index in [0.29, 0.717) is 23.0 Å². The summed E-state index contributed by atoms with van der Waals surface area (Å²) in [4.78, 5) is 0. The molecule has 0 saturated heterocycles. The minimum absolute atomic E-state index is 0.149. The van der Waals surface area contributed by atoms with Crippen molar-refractivity contribution in [2.24, 2.45) is 0 Å². The van der Waals surface area contributed by atoms with Crippen LogP contribution in [-0.2, 0) is 12.0 Å². The van der Waals surface area contributed by atoms with E-state index in [1.807, 2.05) is 16.7 Å². The molecule has 0 spiro atoms. The molecule has 108 valence electrons. The van der Waals surface area contributed by atoms with Gasteiger partial charge < -0.3 is 0 Å². The van der Waals surface area contributed by atoms with Crippen LogP contribution in [0.3, 0.4) is 0 Å². The van der Waals surface area contributed by atoms with Crippen LogP contribution in [0.5, 0.6) is 0 Å². The van der Waals surface area contributed by atoms with Gasteiger partial charge in [-0.05, 0) is 42.1 Å². The van der Waals surface area contributed by atoms with Crippen molar-refractivity contribution in [2.75, 3.05) is 0 Å². The van der Waals surface area contributed by atoms with Crippen molar-refractivity contribution in [3.05, 3.63) is 45.7 Å². The molecular weight excluding hydrogens is 277 g/mol. The zero-order valence-corrected chi connectivity index (χ0v) is 13.2. The highest BCUT2D eigenvalue weighted by Crippen LogP contribution is 2.24. The van der Waals surface area contributed by atoms with E-state index in [9.17, 15) is 4.39 Å². The predicted molar refractivity (Wildman–Crippen MR) is 78.7 cm³/mol. The second-order valence-electron chi connectivity index (χ2n) is 6.17. The normalized spacial score (nSPS) is 11.9. The Kier molecular flexibility index (Phi) is 3.87. The lowest BCUT2D eigenvalue weighted by Gasteiger charge is -2.19. The largest absolute Gasteiger partial charge is 0.297 e. The smallest absolute Gasteiger partial charge is 0.225 e. The Morgan fingerprint density at radius 2 is 1.70 bits per heavy atom. The van der Waals surface area contributed by atoms with E-state index >= 15 is 0 Å². The first kappa shape index (κ1) is 15.0. The Bertz CT molecular complexity index is 618. The Morgan fingerprint density at radius 3 is 2.20 bits per heavy atom. The average molecular weight is 296 g/mol. The highest BCUT2D eigenvalue weighted by Gasteiger charge is 2.23. The van der Waals surface area contributed by atoms with Gasteiger partial charge >= 0.3 is 0 Å². The Labute approximate surface area is 123 Å². The first-order valence-corrected chi connectivity index (χ1v) is 6.92. The van der Waals surface area contributed by atoms with Gasteiger partial charge in [0.1, 0.15) is 11.6 Å². The van der Waals surface area contributed by atoms with Gasteiger partial charge in [-0.3, -0.25) is 4.57 Å². The van der Waals surface area contributed by atoms with Gasteiger partial charge in [0.2, 0.25) is 5.28 Å². The summed E-state index contributed by atoms with van der Waals surface area (Å²) in [6.45, 7) is 10.3. The van der Waals surface area contributed by atoms with Gasteiger partial charge in [-0.25, -0.2) is 4.39 Å². The van der Waals surface area contributed by atoms with Crippen LogP contribution in [0, 0.1) is 19.7 Å². The molecular formula is C15H19ClFN3. The molecule has 0 radical (unpaired) electrons. The summed E-state index contributed by atoms with van der Waals surface area (Å²) in [5.74, 6) is 0.668. The van der Waals surface area contributed by atoms with Crippen LogP contribution >= 0.6 is 11.6 Å². The molecule has 1 aromatic carbocycles. The maximum absolute atomic E-state index is 13.7. The molecule has 0 N–H and O–H groups in total. The summed E-state index contributed by atoms with van der Waals surface area (Å²) < 4.78 is 15.5. The van der Waals surface area contributed by atoms with E-state index in [0.717, 1.165) is 11.4 Å². The molecule has 2 aromatic rings. The first-order chi connectivity index (χ1) is 9.20. The number of aryl methyl sites for hydroxylation is 2. The van der Waals surface area contributed by atoms with Crippen LogP contribution in [0.2, 0.25) is 5.28 Å². The molecule has 20 heavy (non-hydrogen) atoms. The summed E-state index contributed by atoms with van der Waals surface area (Å²) in [5.41, 5.74) is 2.13. The third-order valence-electron chi connectivity index (χ3n) is 3.21. The van der Waals surface area contributed by atoms with Crippen molar-refractivity contribution >= 4 is 11.6 Å². The second kappa shape index (κ2) is 5.17. The van der Waals surface area contributed by atoms with Crippen LogP contribution in [0.1, 0.15) is 43.3 Å². The molecule has 2 rings (SSSR count). The van der Waals surface area contributed by atoms with Crippen molar-refractivity contribution in [2.45, 2.75) is 46.6 Å². The fourth-order valence-electron chi connectivity index (χ4n) is 2.29. The van der Waals surface area contributed by atoms with Gasteiger partial charge in [-0.2, -0.15) is 0 Å². The Morgan fingerprint density at radius 1 is 1.15 bits per heavy atom. The number of hydrogen-bond donors (Lipinski definition) is 0. The molecule has 5 heteroatoms. The molecule has 0 atom stereocenters. The van der Waals surface area contributed by atoms with Gasteiger partial charge in [-0.15, -0.1) is 10.2 Å². The maximum atomic E-state index is 13.7. The number of rotatable bonds is 2. The number of aromatic nitrogens is 3. The van der Waals surface area contributed by atoms with Crippen molar-refractivity contribution < 1.29 is 4.39 Å². The molecule has 0 bridgehead atoms. The van der Waals surface area contributed by atoms with Crippen molar-refractivity contribution in [1.82, 2.24) is 14.8 Å². The zero-order valence-electron chi connectivity index (χ0n) is 12.5. The molecule has 1 aromatic heterocycles. The lowest BCUT2D eigenvalue weighted by molar-refractivity contribution is 0.509. The molecule has 1 heterocycles. The molecule has 0 aliphatic rings. The third-order valence-corrected chi connectivity index (χ3v) is 3.49. The van der Waals surface area contributed by atoms with Crippen LogP contribution in [-0.4, -0.2) is 14.8 Å². The first-order valence-electron chi connectivity index (χ1n) is 6.55. The van der Waals surface area contributed by atoms with Gasteiger partial charge in [0.25, 0.3) is 0 Å². The Hall–Kier alpha value is -1.42. The fraction of sp³-hybridized carbons (Fsp3) is 0.467. The third kappa shape index (κ3) is 2.85. The quantitative estimate of drug-likeness (QED) is 0.837. The van der Waals surface area contributed by atoms with Gasteiger partial charge in [-0.1, -0.05) is 32.9 Å². The zero-order chi connectivity index (χ0) is 15.1. The van der Waals surface area contributed by atoms with Gasteiger partial charge in [0.15, 0.2) is 0 Å². The van der Waals surface area contributed by atoms with Gasteiger partial charge in [0.05, 0.1) is 6.54 Å². The minimum atomic E-state index is -0.153. The van der Waals surface area contributed by atoms with Crippen LogP contribution < -0.4 is 0 Å². The second-order valence-corrected chi connectivity index (χ2v) is 6.51. The van der Waals surface area contributed by atoms with E-state index in [1.54, 1.807) is 13.8 Å². The van der Waals surface area contributed by atoms with Crippen molar-refractivity contribution in [1.29, 1.82) is 0 Å². The minimum Gasteiger partial charge on any atom is -0.297 e. The predicted octanol–water partition coefficient (Wildman–Crippen LogP) is 4.03. The fourth-order valence-corrected chi connectivity index (χ4v) is 2.47. The highest BCUT2D eigenvalue weighted by molar-refractivity contribution is 6.28. The highest BCUT2D eigenvalue weighted by atomic mass is 35.5. The lowest BCUT2D eigenvalue weighted by atomic mass is 9.95.